The lowest BCUT2D eigenvalue weighted by atomic mass is 10.3. The van der Waals surface area contributed by atoms with E-state index in [0.29, 0.717) is 4.88 Å². The molecule has 1 unspecified atom stereocenters. The fraction of sp³-hybridized carbons (Fsp3) is 0.286. The molecule has 1 N–H and O–H groups in total. The Kier molecular flexibility index (Phi) is 5.91. The summed E-state index contributed by atoms with van der Waals surface area (Å²) in [6.45, 7) is 1.47. The van der Waals surface area contributed by atoms with E-state index in [0.717, 1.165) is 11.3 Å². The number of hydrogen-bond donors (Lipinski definition) is 1. The van der Waals surface area contributed by atoms with Crippen LogP contribution in [0.25, 0.3) is 0 Å². The monoisotopic (exact) mass is 373 g/mol. The summed E-state index contributed by atoms with van der Waals surface area (Å²) in [6, 6.07) is 6.61. The van der Waals surface area contributed by atoms with Crippen LogP contribution in [0.2, 0.25) is 0 Å². The number of carbonyl (C=O) groups excluding carboxylic acids is 2. The smallest absolute Gasteiger partial charge is 0.396 e. The summed E-state index contributed by atoms with van der Waals surface area (Å²) in [4.78, 5) is 23.6. The molecule has 9 heteroatoms. The molecule has 2 aromatic rings. The van der Waals surface area contributed by atoms with E-state index >= 15 is 0 Å². The Morgan fingerprint density at radius 1 is 1.22 bits per heavy atom. The van der Waals surface area contributed by atoms with Crippen molar-refractivity contribution in [2.45, 2.75) is 16.4 Å². The average molecular weight is 373 g/mol. The molecular weight excluding hydrogens is 358 g/mol. The number of ether oxygens (including phenoxy) is 1. The Morgan fingerprint density at radius 2 is 1.91 bits per heavy atom. The number of carbonyl (C=O) groups is 2. The number of nitrogens with one attached hydrogen (secondary N) is 1. The molecule has 0 aliphatic rings. The van der Waals surface area contributed by atoms with Gasteiger partial charge < -0.3 is 10.1 Å². The Labute approximate surface area is 142 Å². The van der Waals surface area contributed by atoms with E-state index in [1.54, 1.807) is 35.9 Å². The molecule has 2 rings (SSSR count). The quantitative estimate of drug-likeness (QED) is 0.618. The van der Waals surface area contributed by atoms with Gasteiger partial charge in [-0.1, -0.05) is 12.1 Å². The van der Waals surface area contributed by atoms with Gasteiger partial charge in [-0.15, -0.1) is 22.7 Å². The molecule has 0 aromatic carbocycles. The van der Waals surface area contributed by atoms with Crippen molar-refractivity contribution in [1.29, 1.82) is 0 Å². The highest BCUT2D eigenvalue weighted by Crippen LogP contribution is 2.33. The summed E-state index contributed by atoms with van der Waals surface area (Å²) in [5.41, 5.74) is 0. The van der Waals surface area contributed by atoms with E-state index in [1.165, 1.54) is 17.4 Å². The van der Waals surface area contributed by atoms with Crippen molar-refractivity contribution in [2.75, 3.05) is 13.2 Å². The first-order valence-corrected chi connectivity index (χ1v) is 10.0. The zero-order chi connectivity index (χ0) is 16.9. The molecule has 0 aliphatic carbocycles. The standard InChI is InChI=1S/C14H15NO5S3/c1-2-20-14(17)13(16)15-9-11(10-5-3-7-21-10)23(18,19)12-6-4-8-22-12/h3-8,11H,2,9H2,1H3,(H,15,16). The maximum atomic E-state index is 12.7. The van der Waals surface area contributed by atoms with Crippen LogP contribution in [0.4, 0.5) is 0 Å². The van der Waals surface area contributed by atoms with E-state index in [-0.39, 0.29) is 17.4 Å². The van der Waals surface area contributed by atoms with E-state index in [2.05, 4.69) is 10.1 Å². The van der Waals surface area contributed by atoms with E-state index in [9.17, 15) is 18.0 Å². The van der Waals surface area contributed by atoms with Gasteiger partial charge in [0.2, 0.25) is 0 Å². The predicted molar refractivity (Wildman–Crippen MR) is 88.2 cm³/mol. The predicted octanol–water partition coefficient (Wildman–Crippen LogP) is 2.00. The van der Waals surface area contributed by atoms with Gasteiger partial charge in [0.05, 0.1) is 6.61 Å². The zero-order valence-corrected chi connectivity index (χ0v) is 14.7. The highest BCUT2D eigenvalue weighted by atomic mass is 32.2. The van der Waals surface area contributed by atoms with Gasteiger partial charge in [-0.2, -0.15) is 0 Å². The normalized spacial score (nSPS) is 12.6. The van der Waals surface area contributed by atoms with Crippen molar-refractivity contribution < 1.29 is 22.7 Å². The molecule has 124 valence electrons. The zero-order valence-electron chi connectivity index (χ0n) is 12.2. The van der Waals surface area contributed by atoms with Gasteiger partial charge in [-0.05, 0) is 29.8 Å². The molecule has 0 saturated carbocycles. The van der Waals surface area contributed by atoms with Crippen molar-refractivity contribution in [1.82, 2.24) is 5.32 Å². The van der Waals surface area contributed by atoms with Gasteiger partial charge in [0.1, 0.15) is 9.46 Å². The average Bonchev–Trinajstić information content (AvgIpc) is 3.21. The summed E-state index contributed by atoms with van der Waals surface area (Å²) in [6.07, 6.45) is 0. The Hall–Kier alpha value is -1.71. The molecule has 1 atom stereocenters. The Bertz CT molecular complexity index is 750. The van der Waals surface area contributed by atoms with Crippen LogP contribution in [0.1, 0.15) is 17.1 Å². The third kappa shape index (κ3) is 4.18. The summed E-state index contributed by atoms with van der Waals surface area (Å²) in [5.74, 6) is -1.97. The molecule has 0 radical (unpaired) electrons. The largest absolute Gasteiger partial charge is 0.459 e. The van der Waals surface area contributed by atoms with Gasteiger partial charge >= 0.3 is 11.9 Å². The van der Waals surface area contributed by atoms with Crippen LogP contribution in [-0.2, 0) is 24.2 Å². The fourth-order valence-electron chi connectivity index (χ4n) is 1.86. The van der Waals surface area contributed by atoms with E-state index < -0.39 is 27.0 Å². The molecule has 0 aliphatic heterocycles. The minimum atomic E-state index is -3.65. The highest BCUT2D eigenvalue weighted by molar-refractivity contribution is 7.93. The highest BCUT2D eigenvalue weighted by Gasteiger charge is 2.32. The van der Waals surface area contributed by atoms with Gasteiger partial charge in [0, 0.05) is 11.4 Å². The molecule has 1 amide bonds. The van der Waals surface area contributed by atoms with Crippen molar-refractivity contribution in [3.8, 4) is 0 Å². The topological polar surface area (TPSA) is 89.5 Å². The Morgan fingerprint density at radius 3 is 2.48 bits per heavy atom. The number of rotatable bonds is 6. The first-order valence-electron chi connectivity index (χ1n) is 6.72. The molecule has 6 nitrogen and oxygen atoms in total. The lowest BCUT2D eigenvalue weighted by Crippen LogP contribution is -2.36. The number of sulfone groups is 1. The van der Waals surface area contributed by atoms with Gasteiger partial charge in [0.25, 0.3) is 0 Å². The summed E-state index contributed by atoms with van der Waals surface area (Å²) in [7, 11) is -3.65. The molecule has 0 bridgehead atoms. The SMILES string of the molecule is CCOC(=O)C(=O)NCC(c1cccs1)S(=O)(=O)c1cccs1. The lowest BCUT2D eigenvalue weighted by molar-refractivity contribution is -0.154. The number of hydrogen-bond acceptors (Lipinski definition) is 7. The third-order valence-corrected chi connectivity index (χ3v) is 7.57. The lowest BCUT2D eigenvalue weighted by Gasteiger charge is -2.16. The van der Waals surface area contributed by atoms with Crippen molar-refractivity contribution in [2.24, 2.45) is 0 Å². The fourth-order valence-corrected chi connectivity index (χ4v) is 5.85. The number of esters is 1. The first kappa shape index (κ1) is 17.6. The van der Waals surface area contributed by atoms with Gasteiger partial charge in [0.15, 0.2) is 9.84 Å². The molecular formula is C14H15NO5S3. The molecule has 23 heavy (non-hydrogen) atoms. The molecule has 0 fully saturated rings. The van der Waals surface area contributed by atoms with E-state index in [1.807, 2.05) is 0 Å². The van der Waals surface area contributed by atoms with Crippen LogP contribution in [-0.4, -0.2) is 33.4 Å². The summed E-state index contributed by atoms with van der Waals surface area (Å²) < 4.78 is 30.3. The van der Waals surface area contributed by atoms with Crippen molar-refractivity contribution >= 4 is 44.4 Å². The van der Waals surface area contributed by atoms with Crippen LogP contribution >= 0.6 is 22.7 Å². The van der Waals surface area contributed by atoms with Crippen molar-refractivity contribution in [3.63, 3.8) is 0 Å². The van der Waals surface area contributed by atoms with Gasteiger partial charge in [-0.25, -0.2) is 13.2 Å². The Balaban J connectivity index is 2.20. The molecule has 2 aromatic heterocycles. The maximum absolute atomic E-state index is 12.7. The molecule has 2 heterocycles. The third-order valence-electron chi connectivity index (χ3n) is 2.92. The van der Waals surface area contributed by atoms with Crippen LogP contribution in [0, 0.1) is 0 Å². The van der Waals surface area contributed by atoms with Crippen molar-refractivity contribution in [3.05, 3.63) is 39.9 Å². The van der Waals surface area contributed by atoms with Gasteiger partial charge in [-0.3, -0.25) is 4.79 Å². The van der Waals surface area contributed by atoms with Crippen LogP contribution in [0.5, 0.6) is 0 Å². The number of thiophene rings is 2. The second-order valence-electron chi connectivity index (χ2n) is 4.41. The van der Waals surface area contributed by atoms with Crippen LogP contribution < -0.4 is 5.32 Å². The van der Waals surface area contributed by atoms with Crippen LogP contribution in [0.3, 0.4) is 0 Å². The number of amides is 1. The molecule has 0 saturated heterocycles. The first-order chi connectivity index (χ1) is 11.0. The summed E-state index contributed by atoms with van der Waals surface area (Å²) >= 11 is 2.40. The maximum Gasteiger partial charge on any atom is 0.396 e. The van der Waals surface area contributed by atoms with Crippen LogP contribution in [0.15, 0.2) is 39.2 Å². The molecule has 0 spiro atoms. The summed E-state index contributed by atoms with van der Waals surface area (Å²) in [5, 5.41) is 4.84. The minimum Gasteiger partial charge on any atom is -0.459 e. The minimum absolute atomic E-state index is 0.0775. The van der Waals surface area contributed by atoms with E-state index in [4.69, 9.17) is 0 Å². The second-order valence-corrected chi connectivity index (χ2v) is 8.70. The second kappa shape index (κ2) is 7.71.